The van der Waals surface area contributed by atoms with Gasteiger partial charge in [-0.1, -0.05) is 30.3 Å². The van der Waals surface area contributed by atoms with Crippen molar-refractivity contribution in [2.45, 2.75) is 13.1 Å². The van der Waals surface area contributed by atoms with E-state index < -0.39 is 0 Å². The summed E-state index contributed by atoms with van der Waals surface area (Å²) in [4.78, 5) is 22.4. The van der Waals surface area contributed by atoms with E-state index in [-0.39, 0.29) is 0 Å². The second-order valence-electron chi connectivity index (χ2n) is 5.61. The molecule has 0 saturated carbocycles. The minimum absolute atomic E-state index is 0.644. The van der Waals surface area contributed by atoms with Gasteiger partial charge in [-0.25, -0.2) is 19.9 Å². The first-order chi connectivity index (χ1) is 11.8. The van der Waals surface area contributed by atoms with Gasteiger partial charge in [0.15, 0.2) is 11.5 Å². The summed E-state index contributed by atoms with van der Waals surface area (Å²) in [7, 11) is 1.99. The standard InChI is InChI=1S/C17H17N7/c1-23(17-15-16(20-11-19-15)21-12-22-17)10-14-18-7-8-24(14)9-13-5-3-2-4-6-13/h2-8,11-12H,9-10H2,1H3,(H,19,20,21,22). The Morgan fingerprint density at radius 3 is 2.83 bits per heavy atom. The van der Waals surface area contributed by atoms with Crippen LogP contribution in [0.4, 0.5) is 5.82 Å². The van der Waals surface area contributed by atoms with E-state index in [1.807, 2.05) is 42.5 Å². The van der Waals surface area contributed by atoms with Crippen molar-refractivity contribution in [1.29, 1.82) is 0 Å². The van der Waals surface area contributed by atoms with E-state index in [2.05, 4.69) is 41.6 Å². The number of benzene rings is 1. The second kappa shape index (κ2) is 6.11. The molecule has 0 aliphatic carbocycles. The molecule has 7 nitrogen and oxygen atoms in total. The zero-order chi connectivity index (χ0) is 16.4. The third-order valence-corrected chi connectivity index (χ3v) is 3.94. The lowest BCUT2D eigenvalue weighted by Gasteiger charge is -2.18. The third-order valence-electron chi connectivity index (χ3n) is 3.94. The number of anilines is 1. The zero-order valence-corrected chi connectivity index (χ0v) is 13.3. The Hall–Kier alpha value is -3.22. The van der Waals surface area contributed by atoms with E-state index in [9.17, 15) is 0 Å². The summed E-state index contributed by atoms with van der Waals surface area (Å²) in [6.07, 6.45) is 7.00. The van der Waals surface area contributed by atoms with Gasteiger partial charge in [0.2, 0.25) is 0 Å². The summed E-state index contributed by atoms with van der Waals surface area (Å²) in [5, 5.41) is 0. The Bertz CT molecular complexity index is 942. The molecular formula is C17H17N7. The van der Waals surface area contributed by atoms with E-state index >= 15 is 0 Å². The minimum Gasteiger partial charge on any atom is -0.350 e. The fourth-order valence-corrected chi connectivity index (χ4v) is 2.74. The topological polar surface area (TPSA) is 75.5 Å². The molecule has 3 aromatic heterocycles. The van der Waals surface area contributed by atoms with Crippen LogP contribution in [0.15, 0.2) is 55.4 Å². The quantitative estimate of drug-likeness (QED) is 0.610. The maximum Gasteiger partial charge on any atom is 0.182 e. The molecule has 24 heavy (non-hydrogen) atoms. The molecule has 0 saturated heterocycles. The Kier molecular flexibility index (Phi) is 3.66. The predicted molar refractivity (Wildman–Crippen MR) is 91.6 cm³/mol. The number of rotatable bonds is 5. The number of hydrogen-bond acceptors (Lipinski definition) is 5. The average Bonchev–Trinajstić information content (AvgIpc) is 3.25. The lowest BCUT2D eigenvalue weighted by atomic mass is 10.2. The molecule has 0 unspecified atom stereocenters. The van der Waals surface area contributed by atoms with Gasteiger partial charge in [0.25, 0.3) is 0 Å². The van der Waals surface area contributed by atoms with Crippen molar-refractivity contribution >= 4 is 17.0 Å². The highest BCUT2D eigenvalue weighted by Gasteiger charge is 2.13. The number of fused-ring (bicyclic) bond motifs is 1. The fourth-order valence-electron chi connectivity index (χ4n) is 2.74. The van der Waals surface area contributed by atoms with Crippen LogP contribution in [0.5, 0.6) is 0 Å². The molecule has 4 rings (SSSR count). The monoisotopic (exact) mass is 319 g/mol. The molecule has 120 valence electrons. The summed E-state index contributed by atoms with van der Waals surface area (Å²) in [6.45, 7) is 1.44. The van der Waals surface area contributed by atoms with Crippen LogP contribution in [0.1, 0.15) is 11.4 Å². The van der Waals surface area contributed by atoms with Crippen LogP contribution in [0.3, 0.4) is 0 Å². The highest BCUT2D eigenvalue weighted by molar-refractivity contribution is 5.82. The Balaban J connectivity index is 1.58. The first kappa shape index (κ1) is 14.4. The number of hydrogen-bond donors (Lipinski definition) is 1. The van der Waals surface area contributed by atoms with Crippen LogP contribution in [-0.4, -0.2) is 36.5 Å². The molecule has 0 fully saturated rings. The van der Waals surface area contributed by atoms with Gasteiger partial charge < -0.3 is 14.5 Å². The van der Waals surface area contributed by atoms with Gasteiger partial charge >= 0.3 is 0 Å². The molecule has 0 aliphatic rings. The number of aromatic amines is 1. The second-order valence-corrected chi connectivity index (χ2v) is 5.61. The van der Waals surface area contributed by atoms with E-state index in [1.54, 1.807) is 6.33 Å². The van der Waals surface area contributed by atoms with E-state index in [4.69, 9.17) is 0 Å². The summed E-state index contributed by atoms with van der Waals surface area (Å²) in [5.74, 6) is 1.79. The summed E-state index contributed by atoms with van der Waals surface area (Å²) in [6, 6.07) is 10.4. The van der Waals surface area contributed by atoms with Gasteiger partial charge in [-0.3, -0.25) is 0 Å². The van der Waals surface area contributed by atoms with Crippen molar-refractivity contribution in [3.8, 4) is 0 Å². The molecule has 1 aromatic carbocycles. The van der Waals surface area contributed by atoms with E-state index in [0.717, 1.165) is 23.7 Å². The molecule has 0 atom stereocenters. The normalized spacial score (nSPS) is 11.0. The smallest absolute Gasteiger partial charge is 0.182 e. The predicted octanol–water partition coefficient (Wildman–Crippen LogP) is 2.23. The maximum absolute atomic E-state index is 4.50. The number of aromatic nitrogens is 6. The Labute approximate surface area is 139 Å². The van der Waals surface area contributed by atoms with Gasteiger partial charge in [0, 0.05) is 26.0 Å². The van der Waals surface area contributed by atoms with E-state index in [0.29, 0.717) is 12.2 Å². The molecule has 0 radical (unpaired) electrons. The summed E-state index contributed by atoms with van der Waals surface area (Å²) < 4.78 is 2.15. The molecule has 0 spiro atoms. The molecule has 3 heterocycles. The number of imidazole rings is 2. The van der Waals surface area contributed by atoms with Gasteiger partial charge in [-0.15, -0.1) is 0 Å². The first-order valence-electron chi connectivity index (χ1n) is 7.70. The fraction of sp³-hybridized carbons (Fsp3) is 0.176. The zero-order valence-electron chi connectivity index (χ0n) is 13.3. The Morgan fingerprint density at radius 1 is 1.08 bits per heavy atom. The van der Waals surface area contributed by atoms with Gasteiger partial charge in [-0.05, 0) is 5.56 Å². The van der Waals surface area contributed by atoms with Gasteiger partial charge in [-0.2, -0.15) is 0 Å². The first-order valence-corrected chi connectivity index (χ1v) is 7.70. The molecule has 4 aromatic rings. The SMILES string of the molecule is CN(Cc1nccn1Cc1ccccc1)c1ncnc2nc[nH]c12. The van der Waals surface area contributed by atoms with Crippen LogP contribution in [0, 0.1) is 0 Å². The average molecular weight is 319 g/mol. The van der Waals surface area contributed by atoms with Gasteiger partial charge in [0.1, 0.15) is 17.7 Å². The highest BCUT2D eigenvalue weighted by Crippen LogP contribution is 2.20. The Morgan fingerprint density at radius 2 is 1.96 bits per heavy atom. The maximum atomic E-state index is 4.50. The minimum atomic E-state index is 0.644. The van der Waals surface area contributed by atoms with Crippen LogP contribution >= 0.6 is 0 Å². The van der Waals surface area contributed by atoms with Crippen LogP contribution in [-0.2, 0) is 13.1 Å². The number of nitrogens with zero attached hydrogens (tertiary/aromatic N) is 6. The number of nitrogens with one attached hydrogen (secondary N) is 1. The van der Waals surface area contributed by atoms with Crippen molar-refractivity contribution in [3.05, 3.63) is 66.8 Å². The molecule has 1 N–H and O–H groups in total. The van der Waals surface area contributed by atoms with Crippen molar-refractivity contribution in [1.82, 2.24) is 29.5 Å². The van der Waals surface area contributed by atoms with Crippen molar-refractivity contribution in [3.63, 3.8) is 0 Å². The molecular weight excluding hydrogens is 302 g/mol. The lowest BCUT2D eigenvalue weighted by Crippen LogP contribution is -2.21. The molecule has 0 aliphatic heterocycles. The molecule has 0 amide bonds. The van der Waals surface area contributed by atoms with Crippen LogP contribution < -0.4 is 4.90 Å². The molecule has 7 heteroatoms. The van der Waals surface area contributed by atoms with Crippen LogP contribution in [0.2, 0.25) is 0 Å². The summed E-state index contributed by atoms with van der Waals surface area (Å²) in [5.41, 5.74) is 2.75. The largest absolute Gasteiger partial charge is 0.350 e. The number of H-pyrrole nitrogens is 1. The van der Waals surface area contributed by atoms with Gasteiger partial charge in [0.05, 0.1) is 12.9 Å². The highest BCUT2D eigenvalue weighted by atomic mass is 15.2. The third kappa shape index (κ3) is 2.71. The lowest BCUT2D eigenvalue weighted by molar-refractivity contribution is 0.704. The van der Waals surface area contributed by atoms with E-state index in [1.165, 1.54) is 11.9 Å². The van der Waals surface area contributed by atoms with Crippen molar-refractivity contribution in [2.24, 2.45) is 0 Å². The molecule has 0 bridgehead atoms. The van der Waals surface area contributed by atoms with Crippen LogP contribution in [0.25, 0.3) is 11.2 Å². The van der Waals surface area contributed by atoms with Crippen molar-refractivity contribution in [2.75, 3.05) is 11.9 Å². The van der Waals surface area contributed by atoms with Crippen molar-refractivity contribution < 1.29 is 0 Å². The summed E-state index contributed by atoms with van der Waals surface area (Å²) >= 11 is 0.